The van der Waals surface area contributed by atoms with Crippen molar-refractivity contribution in [3.8, 4) is 11.4 Å². The molecule has 1 N–H and O–H groups in total. The molecular weight excluding hydrogens is 430 g/mol. The van der Waals surface area contributed by atoms with E-state index < -0.39 is 0 Å². The summed E-state index contributed by atoms with van der Waals surface area (Å²) in [5.74, 6) is 1.50. The number of amides is 1. The van der Waals surface area contributed by atoms with Crippen LogP contribution in [0.5, 0.6) is 5.75 Å². The van der Waals surface area contributed by atoms with Crippen LogP contribution in [-0.4, -0.2) is 34.1 Å². The summed E-state index contributed by atoms with van der Waals surface area (Å²) in [5.41, 5.74) is 4.33. The second kappa shape index (κ2) is 9.20. The first kappa shape index (κ1) is 21.5. The van der Waals surface area contributed by atoms with Crippen LogP contribution < -0.4 is 15.6 Å². The molecule has 6 nitrogen and oxygen atoms in total. The van der Waals surface area contributed by atoms with Crippen LogP contribution in [0, 0.1) is 13.8 Å². The molecule has 0 saturated carbocycles. The molecule has 0 fully saturated rings. The molecule has 8 heteroatoms. The van der Waals surface area contributed by atoms with Crippen molar-refractivity contribution in [3.05, 3.63) is 69.6 Å². The zero-order valence-electron chi connectivity index (χ0n) is 17.6. The largest absolute Gasteiger partial charge is 0.497 e. The Balaban J connectivity index is 1.62. The minimum Gasteiger partial charge on any atom is -0.497 e. The lowest BCUT2D eigenvalue weighted by Crippen LogP contribution is -2.24. The van der Waals surface area contributed by atoms with Gasteiger partial charge >= 0.3 is 0 Å². The molecule has 0 aliphatic carbocycles. The summed E-state index contributed by atoms with van der Waals surface area (Å²) in [6.07, 6.45) is 0.760. The molecular formula is C23H23N3O3S2. The number of aryl methyl sites for hydroxylation is 3. The van der Waals surface area contributed by atoms with E-state index in [2.05, 4.69) is 11.4 Å². The lowest BCUT2D eigenvalue weighted by molar-refractivity contribution is -0.113. The lowest BCUT2D eigenvalue weighted by atomic mass is 10.1. The number of aromatic nitrogens is 2. The number of methoxy groups -OCH3 is 1. The molecule has 2 aromatic carbocycles. The van der Waals surface area contributed by atoms with Crippen molar-refractivity contribution < 1.29 is 9.53 Å². The van der Waals surface area contributed by atoms with Crippen molar-refractivity contribution in [1.29, 1.82) is 0 Å². The zero-order chi connectivity index (χ0) is 22.0. The van der Waals surface area contributed by atoms with Crippen molar-refractivity contribution in [2.24, 2.45) is 0 Å². The predicted molar refractivity (Wildman–Crippen MR) is 126 cm³/mol. The van der Waals surface area contributed by atoms with Gasteiger partial charge in [-0.3, -0.25) is 14.2 Å². The number of carbonyl (C=O) groups is 1. The molecule has 1 aromatic heterocycles. The summed E-state index contributed by atoms with van der Waals surface area (Å²) in [7, 11) is 1.59. The third-order valence-corrected chi connectivity index (χ3v) is 6.86. The molecule has 2 heterocycles. The molecule has 160 valence electrons. The van der Waals surface area contributed by atoms with E-state index in [1.165, 1.54) is 23.5 Å². The SMILES string of the molecule is COc1cccc(-n2c(SCC(=O)Nc3cc(C)cc(C)c3)nc3c(c2=O)SCC3)c1. The van der Waals surface area contributed by atoms with Gasteiger partial charge in [-0.05, 0) is 49.2 Å². The van der Waals surface area contributed by atoms with E-state index in [0.717, 1.165) is 34.7 Å². The molecule has 0 saturated heterocycles. The summed E-state index contributed by atoms with van der Waals surface area (Å²) in [6.45, 7) is 3.99. The van der Waals surface area contributed by atoms with Crippen LogP contribution in [0.4, 0.5) is 5.69 Å². The van der Waals surface area contributed by atoms with Gasteiger partial charge in [0.2, 0.25) is 5.91 Å². The van der Waals surface area contributed by atoms with Gasteiger partial charge < -0.3 is 10.1 Å². The van der Waals surface area contributed by atoms with Crippen molar-refractivity contribution in [3.63, 3.8) is 0 Å². The highest BCUT2D eigenvalue weighted by molar-refractivity contribution is 8.00. The van der Waals surface area contributed by atoms with Gasteiger partial charge in [0.25, 0.3) is 5.56 Å². The van der Waals surface area contributed by atoms with E-state index in [1.54, 1.807) is 17.7 Å². The summed E-state index contributed by atoms with van der Waals surface area (Å²) in [4.78, 5) is 31.3. The minimum atomic E-state index is -0.142. The van der Waals surface area contributed by atoms with Gasteiger partial charge in [0.1, 0.15) is 5.75 Å². The van der Waals surface area contributed by atoms with E-state index in [-0.39, 0.29) is 17.2 Å². The van der Waals surface area contributed by atoms with E-state index in [1.807, 2.05) is 44.2 Å². The number of anilines is 1. The predicted octanol–water partition coefficient (Wildman–Crippen LogP) is 4.24. The van der Waals surface area contributed by atoms with Gasteiger partial charge in [-0.1, -0.05) is 23.9 Å². The van der Waals surface area contributed by atoms with Gasteiger partial charge in [0.15, 0.2) is 5.16 Å². The Morgan fingerprint density at radius 2 is 2.00 bits per heavy atom. The number of nitrogens with one attached hydrogen (secondary N) is 1. The Bertz CT molecular complexity index is 1190. The maximum atomic E-state index is 13.2. The molecule has 0 atom stereocenters. The van der Waals surface area contributed by atoms with Crippen molar-refractivity contribution in [2.45, 2.75) is 30.3 Å². The van der Waals surface area contributed by atoms with E-state index >= 15 is 0 Å². The van der Waals surface area contributed by atoms with Crippen LogP contribution in [0.3, 0.4) is 0 Å². The van der Waals surface area contributed by atoms with Crippen LogP contribution in [-0.2, 0) is 11.2 Å². The third kappa shape index (κ3) is 4.80. The number of hydrogen-bond donors (Lipinski definition) is 1. The Labute approximate surface area is 189 Å². The number of rotatable bonds is 6. The Morgan fingerprint density at radius 1 is 1.23 bits per heavy atom. The second-order valence-electron chi connectivity index (χ2n) is 7.32. The summed E-state index contributed by atoms with van der Waals surface area (Å²) >= 11 is 2.80. The van der Waals surface area contributed by atoms with Crippen molar-refractivity contribution in [2.75, 3.05) is 23.9 Å². The number of benzene rings is 2. The van der Waals surface area contributed by atoms with E-state index in [9.17, 15) is 9.59 Å². The molecule has 3 aromatic rings. The normalized spacial score (nSPS) is 12.5. The van der Waals surface area contributed by atoms with Crippen LogP contribution >= 0.6 is 23.5 Å². The third-order valence-electron chi connectivity index (χ3n) is 4.82. The first-order valence-corrected chi connectivity index (χ1v) is 11.9. The highest BCUT2D eigenvalue weighted by Gasteiger charge is 2.23. The maximum Gasteiger partial charge on any atom is 0.272 e. The highest BCUT2D eigenvalue weighted by atomic mass is 32.2. The van der Waals surface area contributed by atoms with Gasteiger partial charge in [-0.15, -0.1) is 11.8 Å². The number of thioether (sulfide) groups is 2. The Morgan fingerprint density at radius 3 is 2.74 bits per heavy atom. The monoisotopic (exact) mass is 453 g/mol. The first-order valence-electron chi connectivity index (χ1n) is 9.88. The van der Waals surface area contributed by atoms with E-state index in [4.69, 9.17) is 9.72 Å². The molecule has 31 heavy (non-hydrogen) atoms. The fourth-order valence-electron chi connectivity index (χ4n) is 3.54. The fourth-order valence-corrected chi connectivity index (χ4v) is 5.39. The lowest BCUT2D eigenvalue weighted by Gasteiger charge is -2.14. The van der Waals surface area contributed by atoms with Gasteiger partial charge in [0, 0.05) is 23.9 Å². The van der Waals surface area contributed by atoms with Gasteiger partial charge in [-0.2, -0.15) is 0 Å². The molecule has 1 amide bonds. The quantitative estimate of drug-likeness (QED) is 0.445. The molecule has 4 rings (SSSR count). The Kier molecular flexibility index (Phi) is 6.38. The highest BCUT2D eigenvalue weighted by Crippen LogP contribution is 2.30. The van der Waals surface area contributed by atoms with E-state index in [0.29, 0.717) is 21.5 Å². The Hall–Kier alpha value is -2.71. The number of ether oxygens (including phenoxy) is 1. The molecule has 0 bridgehead atoms. The van der Waals surface area contributed by atoms with Crippen molar-refractivity contribution in [1.82, 2.24) is 9.55 Å². The molecule has 0 spiro atoms. The standard InChI is InChI=1S/C23H23N3O3S2/c1-14-9-15(2)11-16(10-14)24-20(27)13-31-23-25-19-7-8-30-21(19)22(28)26(23)17-5-4-6-18(12-17)29-3/h4-6,9-12H,7-8,13H2,1-3H3,(H,24,27). The van der Waals surface area contributed by atoms with Crippen LogP contribution in [0.25, 0.3) is 5.69 Å². The summed E-state index contributed by atoms with van der Waals surface area (Å²) in [6, 6.07) is 13.2. The summed E-state index contributed by atoms with van der Waals surface area (Å²) in [5, 5.41) is 3.45. The number of fused-ring (bicyclic) bond motifs is 1. The average molecular weight is 454 g/mol. The number of carbonyl (C=O) groups excluding carboxylic acids is 1. The van der Waals surface area contributed by atoms with Crippen LogP contribution in [0.1, 0.15) is 16.8 Å². The fraction of sp³-hybridized carbons (Fsp3) is 0.261. The molecule has 0 radical (unpaired) electrons. The van der Waals surface area contributed by atoms with Crippen LogP contribution in [0.2, 0.25) is 0 Å². The van der Waals surface area contributed by atoms with Gasteiger partial charge in [-0.25, -0.2) is 4.98 Å². The molecule has 1 aliphatic rings. The summed E-state index contributed by atoms with van der Waals surface area (Å²) < 4.78 is 6.90. The maximum absolute atomic E-state index is 13.2. The first-order chi connectivity index (χ1) is 14.9. The second-order valence-corrected chi connectivity index (χ2v) is 9.37. The number of hydrogen-bond acceptors (Lipinski definition) is 6. The van der Waals surface area contributed by atoms with Gasteiger partial charge in [0.05, 0.1) is 29.1 Å². The van der Waals surface area contributed by atoms with Crippen LogP contribution in [0.15, 0.2) is 57.3 Å². The average Bonchev–Trinajstić information content (AvgIpc) is 3.20. The topological polar surface area (TPSA) is 73.2 Å². The van der Waals surface area contributed by atoms with Crippen molar-refractivity contribution >= 4 is 35.1 Å². The minimum absolute atomic E-state index is 0.0991. The smallest absolute Gasteiger partial charge is 0.272 e. The number of nitrogens with zero attached hydrogens (tertiary/aromatic N) is 2. The molecule has 0 unspecified atom stereocenters. The molecule has 1 aliphatic heterocycles. The zero-order valence-corrected chi connectivity index (χ0v) is 19.2.